The number of benzene rings is 3. The van der Waals surface area contributed by atoms with E-state index in [4.69, 9.17) is 0 Å². The minimum absolute atomic E-state index is 0.0687. The molecular formula is C21H14N4O5. The zero-order valence-corrected chi connectivity index (χ0v) is 15.4. The largest absolute Gasteiger partial charge is 0.494 e. The fourth-order valence-electron chi connectivity index (χ4n) is 3.16. The van der Waals surface area contributed by atoms with Crippen LogP contribution in [0.3, 0.4) is 0 Å². The van der Waals surface area contributed by atoms with Crippen molar-refractivity contribution in [3.63, 3.8) is 0 Å². The second-order valence-electron chi connectivity index (χ2n) is 6.44. The second kappa shape index (κ2) is 7.47. The molecule has 0 unspecified atom stereocenters. The van der Waals surface area contributed by atoms with Crippen molar-refractivity contribution in [2.45, 2.75) is 0 Å². The van der Waals surface area contributed by atoms with E-state index in [1.165, 1.54) is 42.5 Å². The summed E-state index contributed by atoms with van der Waals surface area (Å²) in [4.78, 5) is 28.5. The molecule has 30 heavy (non-hydrogen) atoms. The summed E-state index contributed by atoms with van der Waals surface area (Å²) in [7, 11) is 0. The van der Waals surface area contributed by atoms with Gasteiger partial charge in [-0.1, -0.05) is 30.3 Å². The summed E-state index contributed by atoms with van der Waals surface area (Å²) in [5, 5.41) is 33.2. The van der Waals surface area contributed by atoms with Gasteiger partial charge in [0.1, 0.15) is 0 Å². The Hall–Kier alpha value is -4.53. The Kier molecular flexibility index (Phi) is 4.69. The monoisotopic (exact) mass is 402 g/mol. The maximum absolute atomic E-state index is 11.2. The predicted molar refractivity (Wildman–Crippen MR) is 111 cm³/mol. The molecule has 9 heteroatoms. The Bertz CT molecular complexity index is 1290. The summed E-state index contributed by atoms with van der Waals surface area (Å²) in [6.45, 7) is 0. The van der Waals surface area contributed by atoms with Crippen LogP contribution in [0.4, 0.5) is 17.1 Å². The fraction of sp³-hybridized carbons (Fsp3) is 0. The van der Waals surface area contributed by atoms with Crippen LogP contribution < -0.4 is 0 Å². The molecule has 0 aliphatic heterocycles. The molecule has 0 saturated carbocycles. The van der Waals surface area contributed by atoms with Crippen LogP contribution in [-0.4, -0.2) is 25.6 Å². The molecule has 3 aromatic carbocycles. The van der Waals surface area contributed by atoms with Gasteiger partial charge >= 0.3 is 0 Å². The third kappa shape index (κ3) is 3.47. The number of H-pyrrole nitrogens is 1. The zero-order valence-electron chi connectivity index (χ0n) is 15.4. The van der Waals surface area contributed by atoms with Crippen LogP contribution in [0.5, 0.6) is 5.88 Å². The number of nitro benzene ring substituents is 2. The molecule has 0 saturated heterocycles. The third-order valence-electron chi connectivity index (χ3n) is 4.56. The number of nitrogens with one attached hydrogen (secondary N) is 1. The molecule has 4 aromatic rings. The highest BCUT2D eigenvalue weighted by Gasteiger charge is 2.21. The van der Waals surface area contributed by atoms with Crippen molar-refractivity contribution in [1.82, 2.24) is 4.98 Å². The molecule has 4 rings (SSSR count). The molecule has 0 atom stereocenters. The molecule has 0 aliphatic rings. The molecule has 1 heterocycles. The first kappa shape index (κ1) is 18.8. The Morgan fingerprint density at radius 3 is 2.13 bits per heavy atom. The van der Waals surface area contributed by atoms with E-state index in [-0.39, 0.29) is 17.3 Å². The lowest BCUT2D eigenvalue weighted by Crippen LogP contribution is -2.03. The number of hydrogen-bond acceptors (Lipinski definition) is 6. The van der Waals surface area contributed by atoms with Gasteiger partial charge in [0.25, 0.3) is 11.4 Å². The third-order valence-corrected chi connectivity index (χ3v) is 4.56. The van der Waals surface area contributed by atoms with Crippen LogP contribution in [0.1, 0.15) is 11.1 Å². The molecule has 0 radical (unpaired) electrons. The lowest BCUT2D eigenvalue weighted by molar-refractivity contribution is -0.385. The lowest BCUT2D eigenvalue weighted by atomic mass is 10.0. The van der Waals surface area contributed by atoms with Crippen molar-refractivity contribution in [1.29, 1.82) is 0 Å². The van der Waals surface area contributed by atoms with E-state index < -0.39 is 9.85 Å². The van der Waals surface area contributed by atoms with Gasteiger partial charge in [-0.3, -0.25) is 20.2 Å². The van der Waals surface area contributed by atoms with Crippen molar-refractivity contribution < 1.29 is 15.0 Å². The first-order valence-electron chi connectivity index (χ1n) is 8.82. The van der Waals surface area contributed by atoms with Crippen LogP contribution in [0, 0.1) is 20.2 Å². The van der Waals surface area contributed by atoms with E-state index in [0.29, 0.717) is 33.4 Å². The smallest absolute Gasteiger partial charge is 0.270 e. The number of fused-ring (bicyclic) bond motifs is 1. The van der Waals surface area contributed by atoms with E-state index in [1.807, 2.05) is 6.07 Å². The second-order valence-corrected chi connectivity index (χ2v) is 6.44. The number of hydrogen-bond donors (Lipinski definition) is 2. The molecule has 1 aromatic heterocycles. The van der Waals surface area contributed by atoms with Gasteiger partial charge in [-0.15, -0.1) is 0 Å². The zero-order chi connectivity index (χ0) is 21.3. The molecule has 0 bridgehead atoms. The fourth-order valence-corrected chi connectivity index (χ4v) is 3.16. The molecular weight excluding hydrogens is 388 g/mol. The summed E-state index contributed by atoms with van der Waals surface area (Å²) in [6, 6.07) is 18.9. The van der Waals surface area contributed by atoms with Crippen LogP contribution in [0.2, 0.25) is 0 Å². The summed E-state index contributed by atoms with van der Waals surface area (Å²) >= 11 is 0. The van der Waals surface area contributed by atoms with Gasteiger partial charge in [-0.05, 0) is 18.2 Å². The first-order valence-corrected chi connectivity index (χ1v) is 8.82. The Morgan fingerprint density at radius 2 is 1.50 bits per heavy atom. The number of aliphatic imine (C=N–C) groups is 1. The van der Waals surface area contributed by atoms with Gasteiger partial charge in [0.2, 0.25) is 0 Å². The Balaban J connectivity index is 1.95. The molecule has 0 spiro atoms. The standard InChI is InChI=1S/C21H14N4O5/c26-21-19(17-12-16(25(29)30)10-11-18(17)23-21)20(13-4-2-1-3-5-13)22-14-6-8-15(9-7-14)24(27)28/h1-12,23,26H. The van der Waals surface area contributed by atoms with Crippen LogP contribution >= 0.6 is 0 Å². The molecule has 2 N–H and O–H groups in total. The van der Waals surface area contributed by atoms with Gasteiger partial charge in [0, 0.05) is 40.7 Å². The maximum Gasteiger partial charge on any atom is 0.270 e. The summed E-state index contributed by atoms with van der Waals surface area (Å²) in [6.07, 6.45) is 0. The molecule has 0 fully saturated rings. The van der Waals surface area contributed by atoms with Gasteiger partial charge in [-0.25, -0.2) is 4.99 Å². The average Bonchev–Trinajstić information content (AvgIpc) is 3.07. The topological polar surface area (TPSA) is 135 Å². The number of aromatic nitrogens is 1. The highest BCUT2D eigenvalue weighted by molar-refractivity contribution is 6.22. The van der Waals surface area contributed by atoms with Crippen LogP contribution in [0.25, 0.3) is 10.9 Å². The van der Waals surface area contributed by atoms with E-state index in [1.54, 1.807) is 24.3 Å². The average molecular weight is 402 g/mol. The van der Waals surface area contributed by atoms with Gasteiger partial charge in [-0.2, -0.15) is 0 Å². The van der Waals surface area contributed by atoms with Crippen molar-refractivity contribution in [3.8, 4) is 5.88 Å². The van der Waals surface area contributed by atoms with E-state index in [0.717, 1.165) is 0 Å². The number of nitro groups is 2. The molecule has 0 aliphatic carbocycles. The number of aromatic amines is 1. The van der Waals surface area contributed by atoms with Gasteiger partial charge in [0.05, 0.1) is 26.8 Å². The summed E-state index contributed by atoms with van der Waals surface area (Å²) in [5.74, 6) is -0.185. The van der Waals surface area contributed by atoms with Crippen molar-refractivity contribution >= 4 is 33.7 Å². The van der Waals surface area contributed by atoms with E-state index in [2.05, 4.69) is 9.98 Å². The SMILES string of the molecule is O=[N+]([O-])c1ccc(N=C(c2ccccc2)c2c(O)[nH]c3ccc([N+](=O)[O-])cc23)cc1. The normalized spacial score (nSPS) is 11.5. The maximum atomic E-state index is 11.2. The van der Waals surface area contributed by atoms with Crippen LogP contribution in [-0.2, 0) is 0 Å². The molecule has 0 amide bonds. The lowest BCUT2D eigenvalue weighted by Gasteiger charge is -2.08. The number of non-ortho nitro benzene ring substituents is 2. The molecule has 9 nitrogen and oxygen atoms in total. The van der Waals surface area contributed by atoms with Crippen molar-refractivity contribution in [3.05, 3.63) is 104 Å². The summed E-state index contributed by atoms with van der Waals surface area (Å²) in [5.41, 5.74) is 2.09. The van der Waals surface area contributed by atoms with E-state index in [9.17, 15) is 25.3 Å². The minimum atomic E-state index is -0.511. The van der Waals surface area contributed by atoms with Crippen molar-refractivity contribution in [2.75, 3.05) is 0 Å². The Morgan fingerprint density at radius 1 is 0.867 bits per heavy atom. The first-order chi connectivity index (χ1) is 14.4. The van der Waals surface area contributed by atoms with Crippen molar-refractivity contribution in [2.24, 2.45) is 4.99 Å². The predicted octanol–water partition coefficient (Wildman–Crippen LogP) is 4.86. The molecule has 148 valence electrons. The Labute approximate surface area is 169 Å². The number of rotatable bonds is 5. The summed E-state index contributed by atoms with van der Waals surface area (Å²) < 4.78 is 0. The highest BCUT2D eigenvalue weighted by Crippen LogP contribution is 2.33. The minimum Gasteiger partial charge on any atom is -0.494 e. The quantitative estimate of drug-likeness (QED) is 0.279. The highest BCUT2D eigenvalue weighted by atomic mass is 16.6. The number of nitrogens with zero attached hydrogens (tertiary/aromatic N) is 3. The van der Waals surface area contributed by atoms with Gasteiger partial charge < -0.3 is 10.1 Å². The number of aromatic hydroxyl groups is 1. The van der Waals surface area contributed by atoms with Crippen LogP contribution in [0.15, 0.2) is 77.8 Å². The van der Waals surface area contributed by atoms with Gasteiger partial charge in [0.15, 0.2) is 5.88 Å². The van der Waals surface area contributed by atoms with E-state index >= 15 is 0 Å².